The molecule has 0 N–H and O–H groups in total. The van der Waals surface area contributed by atoms with Gasteiger partial charge in [-0.25, -0.2) is 0 Å². The van der Waals surface area contributed by atoms with Crippen LogP contribution in [0.3, 0.4) is 0 Å². The number of hydrogen-bond acceptors (Lipinski definition) is 3. The van der Waals surface area contributed by atoms with Crippen molar-refractivity contribution in [3.63, 3.8) is 0 Å². The van der Waals surface area contributed by atoms with Gasteiger partial charge in [0, 0.05) is 5.56 Å². The third-order valence-corrected chi connectivity index (χ3v) is 5.39. The normalized spacial score (nSPS) is 12.4. The summed E-state index contributed by atoms with van der Waals surface area (Å²) in [7, 11) is -5.78. The van der Waals surface area contributed by atoms with Crippen LogP contribution in [-0.4, -0.2) is 13.9 Å². The summed E-state index contributed by atoms with van der Waals surface area (Å²) in [4.78, 5) is 0. The molecular formula is C21H13F3O3S. The van der Waals surface area contributed by atoms with Crippen molar-refractivity contribution in [3.8, 4) is 16.9 Å². The molecular weight excluding hydrogens is 389 g/mol. The van der Waals surface area contributed by atoms with E-state index in [-0.39, 0.29) is 11.3 Å². The van der Waals surface area contributed by atoms with Gasteiger partial charge in [-0.3, -0.25) is 0 Å². The van der Waals surface area contributed by atoms with E-state index in [2.05, 4.69) is 4.18 Å². The fourth-order valence-electron chi connectivity index (χ4n) is 3.20. The standard InChI is InChI=1S/C21H13F3O3S/c22-21(23,24)28(25,26)27-20-12-6-5-11-18(20)19-13-14-7-1-2-8-15(14)16-9-3-4-10-17(16)19/h1-13H. The Labute approximate surface area is 159 Å². The van der Waals surface area contributed by atoms with E-state index >= 15 is 0 Å². The van der Waals surface area contributed by atoms with Crippen LogP contribution < -0.4 is 4.18 Å². The Kier molecular flexibility index (Phi) is 4.27. The molecule has 0 unspecified atom stereocenters. The number of hydrogen-bond donors (Lipinski definition) is 0. The first-order valence-corrected chi connectivity index (χ1v) is 9.69. The highest BCUT2D eigenvalue weighted by molar-refractivity contribution is 7.88. The Morgan fingerprint density at radius 3 is 1.96 bits per heavy atom. The second-order valence-electron chi connectivity index (χ2n) is 6.17. The van der Waals surface area contributed by atoms with Crippen molar-refractivity contribution >= 4 is 31.7 Å². The van der Waals surface area contributed by atoms with Crippen molar-refractivity contribution in [2.75, 3.05) is 0 Å². The highest BCUT2D eigenvalue weighted by Crippen LogP contribution is 2.40. The lowest BCUT2D eigenvalue weighted by atomic mass is 9.93. The molecule has 3 nitrogen and oxygen atoms in total. The van der Waals surface area contributed by atoms with E-state index in [9.17, 15) is 21.6 Å². The molecule has 4 aromatic rings. The van der Waals surface area contributed by atoms with E-state index in [1.807, 2.05) is 54.6 Å². The molecule has 0 saturated heterocycles. The molecule has 0 radical (unpaired) electrons. The predicted molar refractivity (Wildman–Crippen MR) is 102 cm³/mol. The van der Waals surface area contributed by atoms with Crippen LogP contribution in [0.25, 0.3) is 32.7 Å². The van der Waals surface area contributed by atoms with Crippen molar-refractivity contribution in [2.45, 2.75) is 5.51 Å². The number of fused-ring (bicyclic) bond motifs is 3. The summed E-state index contributed by atoms with van der Waals surface area (Å²) < 4.78 is 65.9. The third-order valence-electron chi connectivity index (χ3n) is 4.43. The van der Waals surface area contributed by atoms with Crippen LogP contribution in [-0.2, 0) is 10.1 Å². The fraction of sp³-hybridized carbons (Fsp3) is 0.0476. The van der Waals surface area contributed by atoms with Crippen LogP contribution in [0.15, 0.2) is 78.9 Å². The number of benzene rings is 4. The highest BCUT2D eigenvalue weighted by Gasteiger charge is 2.48. The minimum Gasteiger partial charge on any atom is -0.375 e. The molecule has 0 heterocycles. The molecule has 0 amide bonds. The first-order valence-electron chi connectivity index (χ1n) is 8.28. The third kappa shape index (κ3) is 3.07. The Balaban J connectivity index is 1.99. The van der Waals surface area contributed by atoms with Crippen molar-refractivity contribution in [1.82, 2.24) is 0 Å². The molecule has 142 valence electrons. The quantitative estimate of drug-likeness (QED) is 0.244. The van der Waals surface area contributed by atoms with Crippen LogP contribution in [0.2, 0.25) is 0 Å². The van der Waals surface area contributed by atoms with Gasteiger partial charge in [0.15, 0.2) is 5.75 Å². The summed E-state index contributed by atoms with van der Waals surface area (Å²) in [5.74, 6) is -0.375. The molecule has 0 aliphatic heterocycles. The van der Waals surface area contributed by atoms with Crippen molar-refractivity contribution < 1.29 is 25.8 Å². The van der Waals surface area contributed by atoms with E-state index in [1.165, 1.54) is 18.2 Å². The summed E-state index contributed by atoms with van der Waals surface area (Å²) in [6.45, 7) is 0. The van der Waals surface area contributed by atoms with Gasteiger partial charge in [0.05, 0.1) is 0 Å². The van der Waals surface area contributed by atoms with Gasteiger partial charge in [-0.15, -0.1) is 0 Å². The van der Waals surface area contributed by atoms with Crippen molar-refractivity contribution in [3.05, 3.63) is 78.9 Å². The number of rotatable bonds is 3. The van der Waals surface area contributed by atoms with Gasteiger partial charge in [-0.1, -0.05) is 66.7 Å². The predicted octanol–water partition coefficient (Wildman–Crippen LogP) is 5.89. The molecule has 0 spiro atoms. The van der Waals surface area contributed by atoms with Crippen LogP contribution in [0.1, 0.15) is 0 Å². The number of para-hydroxylation sites is 1. The number of halogens is 3. The first kappa shape index (κ1) is 18.3. The first-order chi connectivity index (χ1) is 13.3. The average Bonchev–Trinajstić information content (AvgIpc) is 2.67. The van der Waals surface area contributed by atoms with Gasteiger partial charge < -0.3 is 4.18 Å². The summed E-state index contributed by atoms with van der Waals surface area (Å²) in [5.41, 5.74) is -4.66. The maximum atomic E-state index is 12.8. The fourth-order valence-corrected chi connectivity index (χ4v) is 3.68. The molecule has 0 bridgehead atoms. The van der Waals surface area contributed by atoms with Gasteiger partial charge in [-0.05, 0) is 39.2 Å². The van der Waals surface area contributed by atoms with E-state index < -0.39 is 15.6 Å². The maximum Gasteiger partial charge on any atom is 0.534 e. The Morgan fingerprint density at radius 1 is 0.679 bits per heavy atom. The van der Waals surface area contributed by atoms with Crippen LogP contribution in [0, 0.1) is 0 Å². The largest absolute Gasteiger partial charge is 0.534 e. The molecule has 0 fully saturated rings. The van der Waals surface area contributed by atoms with Gasteiger partial charge in [-0.2, -0.15) is 21.6 Å². The van der Waals surface area contributed by atoms with Gasteiger partial charge in [0.25, 0.3) is 0 Å². The van der Waals surface area contributed by atoms with Gasteiger partial charge in [0.1, 0.15) is 0 Å². The van der Waals surface area contributed by atoms with Crippen molar-refractivity contribution in [2.24, 2.45) is 0 Å². The Morgan fingerprint density at radius 2 is 1.25 bits per heavy atom. The van der Waals surface area contributed by atoms with E-state index in [1.54, 1.807) is 6.07 Å². The summed E-state index contributed by atoms with van der Waals surface area (Å²) in [6, 6.07) is 22.7. The van der Waals surface area contributed by atoms with Crippen LogP contribution in [0.5, 0.6) is 5.75 Å². The molecule has 0 atom stereocenters. The zero-order valence-electron chi connectivity index (χ0n) is 14.3. The van der Waals surface area contributed by atoms with Crippen LogP contribution >= 0.6 is 0 Å². The van der Waals surface area contributed by atoms with E-state index in [4.69, 9.17) is 0 Å². The molecule has 0 saturated carbocycles. The molecule has 4 rings (SSSR count). The second-order valence-corrected chi connectivity index (χ2v) is 7.71. The zero-order valence-corrected chi connectivity index (χ0v) is 15.1. The van der Waals surface area contributed by atoms with Gasteiger partial charge >= 0.3 is 15.6 Å². The highest BCUT2D eigenvalue weighted by atomic mass is 32.2. The van der Waals surface area contributed by atoms with Gasteiger partial charge in [0.2, 0.25) is 0 Å². The summed E-state index contributed by atoms with van der Waals surface area (Å²) in [5, 5.41) is 3.55. The van der Waals surface area contributed by atoms with Crippen molar-refractivity contribution in [1.29, 1.82) is 0 Å². The molecule has 4 aromatic carbocycles. The Bertz CT molecular complexity index is 1300. The molecule has 7 heteroatoms. The van der Waals surface area contributed by atoms with E-state index in [0.29, 0.717) is 5.56 Å². The lowest BCUT2D eigenvalue weighted by Gasteiger charge is -2.15. The lowest BCUT2D eigenvalue weighted by molar-refractivity contribution is -0.0499. The number of alkyl halides is 3. The smallest absolute Gasteiger partial charge is 0.375 e. The molecule has 0 aromatic heterocycles. The topological polar surface area (TPSA) is 43.4 Å². The lowest BCUT2D eigenvalue weighted by Crippen LogP contribution is -2.28. The van der Waals surface area contributed by atoms with Crippen LogP contribution in [0.4, 0.5) is 13.2 Å². The molecule has 0 aliphatic rings. The molecule has 0 aliphatic carbocycles. The maximum absolute atomic E-state index is 12.8. The second kappa shape index (κ2) is 6.53. The minimum absolute atomic E-state index is 0.261. The summed E-state index contributed by atoms with van der Waals surface area (Å²) in [6.07, 6.45) is 0. The summed E-state index contributed by atoms with van der Waals surface area (Å²) >= 11 is 0. The average molecular weight is 402 g/mol. The monoisotopic (exact) mass is 402 g/mol. The van der Waals surface area contributed by atoms with E-state index in [0.717, 1.165) is 21.5 Å². The molecule has 28 heavy (non-hydrogen) atoms. The Hall–Kier alpha value is -3.06. The zero-order chi connectivity index (χ0) is 19.9. The SMILES string of the molecule is O=S(=O)(Oc1ccccc1-c1cc2ccccc2c2ccccc12)C(F)(F)F. The minimum atomic E-state index is -5.78.